The Morgan fingerprint density at radius 2 is 1.83 bits per heavy atom. The SMILES string of the molecule is Cc1cnc(N2CCN(C(=O)c3ccc(N4CCOC4=O)cc3N3[C@H](C)CCS3(=O)=O)CC2)c(C)c1. The van der Waals surface area contributed by atoms with Crippen LogP contribution < -0.4 is 14.1 Å². The van der Waals surface area contributed by atoms with Crippen molar-refractivity contribution in [1.82, 2.24) is 9.88 Å². The zero-order valence-corrected chi connectivity index (χ0v) is 21.6. The highest BCUT2D eigenvalue weighted by Gasteiger charge is 2.38. The first-order valence-electron chi connectivity index (χ1n) is 12.2. The molecule has 5 rings (SSSR count). The van der Waals surface area contributed by atoms with E-state index in [9.17, 15) is 18.0 Å². The van der Waals surface area contributed by atoms with E-state index in [-0.39, 0.29) is 24.3 Å². The molecule has 3 aliphatic heterocycles. The monoisotopic (exact) mass is 513 g/mol. The number of hydrogen-bond acceptors (Lipinski definition) is 7. The smallest absolute Gasteiger partial charge is 0.414 e. The molecule has 1 aromatic heterocycles. The summed E-state index contributed by atoms with van der Waals surface area (Å²) in [5.74, 6) is 0.731. The molecule has 36 heavy (non-hydrogen) atoms. The van der Waals surface area contributed by atoms with E-state index in [2.05, 4.69) is 16.0 Å². The third kappa shape index (κ3) is 4.36. The number of nitrogens with zero attached hydrogens (tertiary/aromatic N) is 5. The number of aryl methyl sites for hydroxylation is 2. The average molecular weight is 514 g/mol. The van der Waals surface area contributed by atoms with Gasteiger partial charge in [0.15, 0.2) is 0 Å². The van der Waals surface area contributed by atoms with Crippen LogP contribution in [0.5, 0.6) is 0 Å². The number of carbonyl (C=O) groups is 2. The molecule has 1 atom stereocenters. The van der Waals surface area contributed by atoms with Crippen molar-refractivity contribution in [2.45, 2.75) is 33.2 Å². The maximum Gasteiger partial charge on any atom is 0.414 e. The molecule has 192 valence electrons. The van der Waals surface area contributed by atoms with Gasteiger partial charge < -0.3 is 14.5 Å². The van der Waals surface area contributed by atoms with E-state index in [4.69, 9.17) is 4.74 Å². The molecular formula is C25H31N5O5S. The van der Waals surface area contributed by atoms with Gasteiger partial charge in [-0.15, -0.1) is 0 Å². The van der Waals surface area contributed by atoms with Crippen molar-refractivity contribution >= 4 is 39.2 Å². The number of cyclic esters (lactones) is 1. The molecular weight excluding hydrogens is 482 g/mol. The first-order chi connectivity index (χ1) is 17.2. The van der Waals surface area contributed by atoms with E-state index in [0.29, 0.717) is 56.1 Å². The minimum Gasteiger partial charge on any atom is -0.447 e. The lowest BCUT2D eigenvalue weighted by atomic mass is 10.1. The molecule has 3 aliphatic rings. The maximum atomic E-state index is 13.7. The van der Waals surface area contributed by atoms with Crippen LogP contribution in [0.3, 0.4) is 0 Å². The maximum absolute atomic E-state index is 13.7. The van der Waals surface area contributed by atoms with Gasteiger partial charge in [0.05, 0.1) is 23.5 Å². The normalized spacial score (nSPS) is 21.8. The summed E-state index contributed by atoms with van der Waals surface area (Å²) >= 11 is 0. The summed E-state index contributed by atoms with van der Waals surface area (Å²) in [6.07, 6.45) is 1.85. The molecule has 3 saturated heterocycles. The molecule has 0 N–H and O–H groups in total. The molecule has 0 unspecified atom stereocenters. The largest absolute Gasteiger partial charge is 0.447 e. The highest BCUT2D eigenvalue weighted by molar-refractivity contribution is 7.93. The van der Waals surface area contributed by atoms with Crippen molar-refractivity contribution in [2.24, 2.45) is 0 Å². The van der Waals surface area contributed by atoms with Gasteiger partial charge in [-0.2, -0.15) is 0 Å². The molecule has 11 heteroatoms. The number of carbonyl (C=O) groups excluding carboxylic acids is 2. The number of piperazine rings is 1. The van der Waals surface area contributed by atoms with Gasteiger partial charge in [0.25, 0.3) is 5.91 Å². The van der Waals surface area contributed by atoms with Crippen LogP contribution in [0, 0.1) is 13.8 Å². The summed E-state index contributed by atoms with van der Waals surface area (Å²) in [6.45, 7) is 8.79. The Bertz CT molecular complexity index is 1310. The topological polar surface area (TPSA) is 103 Å². The predicted molar refractivity (Wildman–Crippen MR) is 137 cm³/mol. The molecule has 3 fully saturated rings. The molecule has 4 heterocycles. The average Bonchev–Trinajstić information content (AvgIpc) is 3.40. The van der Waals surface area contributed by atoms with E-state index < -0.39 is 16.1 Å². The fraction of sp³-hybridized carbons (Fsp3) is 0.480. The summed E-state index contributed by atoms with van der Waals surface area (Å²) in [5.41, 5.74) is 3.36. The number of pyridine rings is 1. The Balaban J connectivity index is 1.43. The minimum absolute atomic E-state index is 0.0271. The van der Waals surface area contributed by atoms with Crippen LogP contribution in [0.2, 0.25) is 0 Å². The lowest BCUT2D eigenvalue weighted by Crippen LogP contribution is -2.49. The van der Waals surface area contributed by atoms with Crippen molar-refractivity contribution in [1.29, 1.82) is 0 Å². The highest BCUT2D eigenvalue weighted by atomic mass is 32.2. The Labute approximate surface area is 211 Å². The number of rotatable bonds is 4. The summed E-state index contributed by atoms with van der Waals surface area (Å²) in [5, 5.41) is 0. The number of aromatic nitrogens is 1. The fourth-order valence-corrected chi connectivity index (χ4v) is 7.15. The van der Waals surface area contributed by atoms with Crippen molar-refractivity contribution in [2.75, 3.05) is 59.2 Å². The van der Waals surface area contributed by atoms with Crippen molar-refractivity contribution in [3.8, 4) is 0 Å². The van der Waals surface area contributed by atoms with Gasteiger partial charge in [0, 0.05) is 44.1 Å². The first-order valence-corrected chi connectivity index (χ1v) is 13.8. The molecule has 0 aliphatic carbocycles. The Kier molecular flexibility index (Phi) is 6.27. The Morgan fingerprint density at radius 3 is 2.44 bits per heavy atom. The van der Waals surface area contributed by atoms with Gasteiger partial charge in [-0.1, -0.05) is 6.07 Å². The van der Waals surface area contributed by atoms with Crippen LogP contribution in [-0.4, -0.2) is 81.4 Å². The second-order valence-electron chi connectivity index (χ2n) is 9.65. The fourth-order valence-electron chi connectivity index (χ4n) is 5.21. The lowest BCUT2D eigenvalue weighted by Gasteiger charge is -2.37. The minimum atomic E-state index is -3.57. The second kappa shape index (κ2) is 9.27. The van der Waals surface area contributed by atoms with Crippen molar-refractivity contribution < 1.29 is 22.7 Å². The lowest BCUT2D eigenvalue weighted by molar-refractivity contribution is 0.0747. The van der Waals surface area contributed by atoms with Crippen LogP contribution in [-0.2, 0) is 14.8 Å². The Morgan fingerprint density at radius 1 is 1.08 bits per heavy atom. The van der Waals surface area contributed by atoms with E-state index in [1.165, 1.54) is 9.21 Å². The molecule has 0 radical (unpaired) electrons. The number of ether oxygens (including phenoxy) is 1. The van der Waals surface area contributed by atoms with Crippen molar-refractivity contribution in [3.63, 3.8) is 0 Å². The molecule has 0 spiro atoms. The zero-order valence-electron chi connectivity index (χ0n) is 20.8. The van der Waals surface area contributed by atoms with Gasteiger partial charge in [0.1, 0.15) is 12.4 Å². The summed E-state index contributed by atoms with van der Waals surface area (Å²) in [4.78, 5) is 35.8. The standard InChI is InChI=1S/C25H31N5O5S/c1-17-14-18(2)23(26-16-17)27-7-9-28(10-8-27)24(31)21-5-4-20(29-11-12-35-25(29)32)15-22(21)30-19(3)6-13-36(30,33)34/h4-5,14-16,19H,6-13H2,1-3H3/t19-/m1/s1. The van der Waals surface area contributed by atoms with E-state index in [0.717, 1.165) is 16.9 Å². The molecule has 10 nitrogen and oxygen atoms in total. The molecule has 1 aromatic carbocycles. The Hall–Kier alpha value is -3.34. The third-order valence-electron chi connectivity index (χ3n) is 7.07. The van der Waals surface area contributed by atoms with Gasteiger partial charge in [0.2, 0.25) is 10.0 Å². The summed E-state index contributed by atoms with van der Waals surface area (Å²) in [6, 6.07) is 6.77. The number of amides is 2. The van der Waals surface area contributed by atoms with E-state index in [1.54, 1.807) is 23.1 Å². The van der Waals surface area contributed by atoms with Crippen molar-refractivity contribution in [3.05, 3.63) is 47.2 Å². The third-order valence-corrected chi connectivity index (χ3v) is 8.98. The predicted octanol–water partition coefficient (Wildman–Crippen LogP) is 2.55. The highest BCUT2D eigenvalue weighted by Crippen LogP contribution is 2.36. The van der Waals surface area contributed by atoms with Crippen LogP contribution in [0.15, 0.2) is 30.5 Å². The molecule has 0 saturated carbocycles. The van der Waals surface area contributed by atoms with Crippen LogP contribution >= 0.6 is 0 Å². The number of benzene rings is 1. The van der Waals surface area contributed by atoms with E-state index >= 15 is 0 Å². The summed E-state index contributed by atoms with van der Waals surface area (Å²) in [7, 11) is -3.57. The zero-order chi connectivity index (χ0) is 25.6. The van der Waals surface area contributed by atoms with Gasteiger partial charge in [-0.25, -0.2) is 18.2 Å². The van der Waals surface area contributed by atoms with Crippen LogP contribution in [0.1, 0.15) is 34.8 Å². The summed E-state index contributed by atoms with van der Waals surface area (Å²) < 4.78 is 32.3. The number of anilines is 3. The van der Waals surface area contributed by atoms with Crippen LogP contribution in [0.25, 0.3) is 0 Å². The van der Waals surface area contributed by atoms with Gasteiger partial charge in [-0.05, 0) is 56.5 Å². The van der Waals surface area contributed by atoms with Gasteiger partial charge in [-0.3, -0.25) is 14.0 Å². The first kappa shape index (κ1) is 24.4. The molecule has 0 bridgehead atoms. The van der Waals surface area contributed by atoms with Crippen LogP contribution in [0.4, 0.5) is 22.0 Å². The number of hydrogen-bond donors (Lipinski definition) is 0. The molecule has 2 amide bonds. The second-order valence-corrected chi connectivity index (χ2v) is 11.6. The quantitative estimate of drug-likeness (QED) is 0.619. The number of sulfonamides is 1. The van der Waals surface area contributed by atoms with E-state index in [1.807, 2.05) is 27.0 Å². The van der Waals surface area contributed by atoms with Gasteiger partial charge >= 0.3 is 6.09 Å². The molecule has 2 aromatic rings.